The van der Waals surface area contributed by atoms with Gasteiger partial charge in [0.2, 0.25) is 0 Å². The van der Waals surface area contributed by atoms with E-state index in [0.29, 0.717) is 12.3 Å². The molecule has 0 bridgehead atoms. The highest BCUT2D eigenvalue weighted by atomic mass is 32.2. The fourth-order valence-electron chi connectivity index (χ4n) is 2.75. The van der Waals surface area contributed by atoms with E-state index in [2.05, 4.69) is 17.8 Å². The second kappa shape index (κ2) is 5.55. The van der Waals surface area contributed by atoms with Crippen molar-refractivity contribution in [2.75, 3.05) is 17.6 Å². The van der Waals surface area contributed by atoms with Gasteiger partial charge in [0, 0.05) is 11.4 Å². The van der Waals surface area contributed by atoms with Crippen LogP contribution in [0.3, 0.4) is 0 Å². The van der Waals surface area contributed by atoms with E-state index < -0.39 is 0 Å². The zero-order chi connectivity index (χ0) is 14.1. The first-order chi connectivity index (χ1) is 9.76. The molecule has 104 valence electrons. The van der Waals surface area contributed by atoms with Crippen molar-refractivity contribution >= 4 is 34.0 Å². The van der Waals surface area contributed by atoms with Crippen LogP contribution in [0.1, 0.15) is 27.2 Å². The van der Waals surface area contributed by atoms with Crippen LogP contribution in [0.4, 0.5) is 5.00 Å². The molecule has 2 heterocycles. The van der Waals surface area contributed by atoms with Gasteiger partial charge in [-0.25, -0.2) is 0 Å². The average molecular weight is 304 g/mol. The van der Waals surface area contributed by atoms with Gasteiger partial charge in [-0.2, -0.15) is 0 Å². The van der Waals surface area contributed by atoms with E-state index in [-0.39, 0.29) is 11.4 Å². The number of anilines is 1. The molecule has 3 nitrogen and oxygen atoms in total. The van der Waals surface area contributed by atoms with Crippen molar-refractivity contribution in [3.63, 3.8) is 0 Å². The topological polar surface area (TPSA) is 32.3 Å². The Hall–Kier alpha value is -1.38. The minimum Gasteiger partial charge on any atom is -0.348 e. The van der Waals surface area contributed by atoms with Crippen molar-refractivity contribution in [1.29, 1.82) is 0 Å². The van der Waals surface area contributed by atoms with Gasteiger partial charge < -0.3 is 10.2 Å². The van der Waals surface area contributed by atoms with Gasteiger partial charge >= 0.3 is 0 Å². The number of fused-ring (bicyclic) bond motifs is 3. The third-order valence-electron chi connectivity index (χ3n) is 3.58. The number of thioether (sulfide) groups is 1. The highest BCUT2D eigenvalue weighted by Gasteiger charge is 2.37. The van der Waals surface area contributed by atoms with E-state index in [1.165, 1.54) is 16.9 Å². The predicted octanol–water partition coefficient (Wildman–Crippen LogP) is 2.94. The first-order valence-electron chi connectivity index (χ1n) is 6.64. The van der Waals surface area contributed by atoms with Gasteiger partial charge in [0.05, 0.1) is 11.3 Å². The number of thiophene rings is 1. The molecule has 20 heavy (non-hydrogen) atoms. The first kappa shape index (κ1) is 13.6. The van der Waals surface area contributed by atoms with Gasteiger partial charge in [-0.05, 0) is 24.8 Å². The van der Waals surface area contributed by atoms with E-state index in [0.717, 1.165) is 23.4 Å². The molecular weight excluding hydrogens is 288 g/mol. The molecule has 0 saturated heterocycles. The Balaban J connectivity index is 1.95. The fourth-order valence-corrected chi connectivity index (χ4v) is 4.94. The van der Waals surface area contributed by atoms with Crippen LogP contribution >= 0.6 is 23.1 Å². The van der Waals surface area contributed by atoms with Gasteiger partial charge in [0.15, 0.2) is 5.50 Å². The van der Waals surface area contributed by atoms with E-state index >= 15 is 0 Å². The molecule has 1 N–H and O–H groups in total. The van der Waals surface area contributed by atoms with Crippen LogP contribution in [-0.4, -0.2) is 28.6 Å². The highest BCUT2D eigenvalue weighted by molar-refractivity contribution is 8.00. The smallest absolute Gasteiger partial charge is 0.259 e. The molecule has 0 saturated carbocycles. The molecular formula is C15H16N2OS2. The first-order valence-corrected chi connectivity index (χ1v) is 8.50. The second-order valence-corrected chi connectivity index (χ2v) is 6.99. The van der Waals surface area contributed by atoms with E-state index in [4.69, 9.17) is 6.42 Å². The van der Waals surface area contributed by atoms with Crippen LogP contribution in [0.2, 0.25) is 0 Å². The molecule has 1 aliphatic carbocycles. The summed E-state index contributed by atoms with van der Waals surface area (Å²) < 4.78 is 0. The Kier molecular flexibility index (Phi) is 3.77. The normalized spacial score (nSPS) is 20.1. The number of rotatable bonds is 4. The fraction of sp³-hybridized carbons (Fsp3) is 0.400. The van der Waals surface area contributed by atoms with E-state index in [1.807, 2.05) is 4.90 Å². The molecule has 0 radical (unpaired) electrons. The quantitative estimate of drug-likeness (QED) is 0.686. The van der Waals surface area contributed by atoms with Crippen molar-refractivity contribution in [1.82, 2.24) is 4.90 Å². The number of carbonyl (C=O) groups excluding carboxylic acids is 1. The number of nitrogens with one attached hydrogen (secondary N) is 1. The Morgan fingerprint density at radius 2 is 2.45 bits per heavy atom. The Morgan fingerprint density at radius 3 is 3.20 bits per heavy atom. The van der Waals surface area contributed by atoms with Crippen LogP contribution < -0.4 is 5.32 Å². The van der Waals surface area contributed by atoms with Gasteiger partial charge in [-0.1, -0.05) is 12.0 Å². The molecule has 0 spiro atoms. The summed E-state index contributed by atoms with van der Waals surface area (Å²) in [6.07, 6.45) is 10.4. The lowest BCUT2D eigenvalue weighted by Gasteiger charge is -2.35. The minimum absolute atomic E-state index is 0.0946. The van der Waals surface area contributed by atoms with Crippen LogP contribution in [0.5, 0.6) is 0 Å². The summed E-state index contributed by atoms with van der Waals surface area (Å²) in [5.74, 6) is 3.32. The summed E-state index contributed by atoms with van der Waals surface area (Å²) in [6, 6.07) is 0. The number of nitrogens with zero attached hydrogens (tertiary/aromatic N) is 1. The van der Waals surface area contributed by atoms with Crippen molar-refractivity contribution in [2.45, 2.75) is 24.8 Å². The van der Waals surface area contributed by atoms with Gasteiger partial charge in [0.25, 0.3) is 5.91 Å². The number of hydrogen-bond acceptors (Lipinski definition) is 4. The molecule has 0 aromatic carbocycles. The average Bonchev–Trinajstić information content (AvgIpc) is 3.00. The molecule has 1 aromatic rings. The summed E-state index contributed by atoms with van der Waals surface area (Å²) in [7, 11) is 0. The van der Waals surface area contributed by atoms with Crippen LogP contribution in [0.25, 0.3) is 0 Å². The van der Waals surface area contributed by atoms with Crippen LogP contribution in [0.15, 0.2) is 12.7 Å². The summed E-state index contributed by atoms with van der Waals surface area (Å²) in [4.78, 5) is 16.0. The van der Waals surface area contributed by atoms with Crippen molar-refractivity contribution in [3.05, 3.63) is 28.7 Å². The summed E-state index contributed by atoms with van der Waals surface area (Å²) >= 11 is 3.31. The third kappa shape index (κ3) is 2.13. The van der Waals surface area contributed by atoms with Gasteiger partial charge in [0.1, 0.15) is 5.00 Å². The lowest BCUT2D eigenvalue weighted by atomic mass is 10.1. The molecule has 1 aliphatic heterocycles. The molecule has 1 amide bonds. The van der Waals surface area contributed by atoms with E-state index in [9.17, 15) is 4.79 Å². The largest absolute Gasteiger partial charge is 0.348 e. The Bertz CT molecular complexity index is 600. The van der Waals surface area contributed by atoms with Crippen molar-refractivity contribution < 1.29 is 4.79 Å². The summed E-state index contributed by atoms with van der Waals surface area (Å²) in [5.41, 5.74) is 2.06. The zero-order valence-corrected chi connectivity index (χ0v) is 12.8. The minimum atomic E-state index is -0.0946. The number of hydrogen-bond donors (Lipinski definition) is 1. The van der Waals surface area contributed by atoms with Crippen molar-refractivity contribution in [3.8, 4) is 12.3 Å². The molecule has 5 heteroatoms. The second-order valence-electron chi connectivity index (χ2n) is 4.82. The molecule has 1 aromatic heterocycles. The van der Waals surface area contributed by atoms with E-state index in [1.54, 1.807) is 29.2 Å². The molecule has 1 atom stereocenters. The number of terminal acetylenes is 1. The maximum Gasteiger partial charge on any atom is 0.259 e. The highest BCUT2D eigenvalue weighted by Crippen LogP contribution is 2.43. The SMILES string of the molecule is C#CCS[C@@H]1Nc2sc3c(c2C(=O)N1CC=C)CCC3. The molecule has 2 aliphatic rings. The lowest BCUT2D eigenvalue weighted by Crippen LogP contribution is -2.46. The van der Waals surface area contributed by atoms with Gasteiger partial charge in [-0.3, -0.25) is 4.79 Å². The van der Waals surface area contributed by atoms with Crippen LogP contribution in [0, 0.1) is 12.3 Å². The standard InChI is InChI=1S/C15H16N2OS2/c1-3-8-17-14(18)12-10-6-5-7-11(10)20-13(12)16-15(17)19-9-4-2/h2-3,15-16H,1,5-9H2/t15-/m1/s1. The maximum atomic E-state index is 12.8. The molecule has 0 fully saturated rings. The van der Waals surface area contributed by atoms with Crippen molar-refractivity contribution in [2.24, 2.45) is 0 Å². The number of aryl methyl sites for hydroxylation is 1. The van der Waals surface area contributed by atoms with Crippen LogP contribution in [-0.2, 0) is 12.8 Å². The third-order valence-corrected chi connectivity index (χ3v) is 5.83. The summed E-state index contributed by atoms with van der Waals surface area (Å²) in [5, 5.41) is 4.49. The molecule has 3 rings (SSSR count). The summed E-state index contributed by atoms with van der Waals surface area (Å²) in [6.45, 7) is 4.29. The van der Waals surface area contributed by atoms with Gasteiger partial charge in [-0.15, -0.1) is 36.1 Å². The number of amides is 1. The molecule has 0 unspecified atom stereocenters. The monoisotopic (exact) mass is 304 g/mol. The number of carbonyl (C=O) groups is 1. The predicted molar refractivity (Wildman–Crippen MR) is 86.3 cm³/mol. The lowest BCUT2D eigenvalue weighted by molar-refractivity contribution is 0.0760. The zero-order valence-electron chi connectivity index (χ0n) is 11.1. The Morgan fingerprint density at radius 1 is 1.60 bits per heavy atom. The Labute approximate surface area is 127 Å². The maximum absolute atomic E-state index is 12.8.